The lowest BCUT2D eigenvalue weighted by Gasteiger charge is -2.05. The first-order valence-corrected chi connectivity index (χ1v) is 5.46. The Morgan fingerprint density at radius 1 is 1.53 bits per heavy atom. The van der Waals surface area contributed by atoms with Crippen molar-refractivity contribution in [2.75, 3.05) is 20.3 Å². The highest BCUT2D eigenvalue weighted by Crippen LogP contribution is 2.35. The van der Waals surface area contributed by atoms with Gasteiger partial charge in [0.2, 0.25) is 0 Å². The molecule has 0 saturated heterocycles. The largest absolute Gasteiger partial charge is 0.382 e. The highest BCUT2D eigenvalue weighted by Gasteiger charge is 2.27. The zero-order valence-corrected chi connectivity index (χ0v) is 9.55. The van der Waals surface area contributed by atoms with Crippen molar-refractivity contribution in [3.63, 3.8) is 0 Å². The van der Waals surface area contributed by atoms with E-state index in [1.54, 1.807) is 7.11 Å². The number of aromatic amines is 1. The van der Waals surface area contributed by atoms with Gasteiger partial charge in [0.05, 0.1) is 13.2 Å². The molecule has 5 nitrogen and oxygen atoms in total. The van der Waals surface area contributed by atoms with E-state index in [0.29, 0.717) is 30.6 Å². The third kappa shape index (κ3) is 2.64. The van der Waals surface area contributed by atoms with Gasteiger partial charge in [-0.2, -0.15) is 5.10 Å². The summed E-state index contributed by atoms with van der Waals surface area (Å²) >= 11 is 5.16. The molecular formula is C9H15N3O2S. The van der Waals surface area contributed by atoms with E-state index in [2.05, 4.69) is 14.8 Å². The van der Waals surface area contributed by atoms with Crippen molar-refractivity contribution >= 4 is 12.2 Å². The maximum atomic E-state index is 5.42. The Morgan fingerprint density at radius 3 is 3.00 bits per heavy atom. The van der Waals surface area contributed by atoms with E-state index >= 15 is 0 Å². The van der Waals surface area contributed by atoms with Gasteiger partial charge >= 0.3 is 0 Å². The number of methoxy groups -OCH3 is 1. The van der Waals surface area contributed by atoms with Crippen LogP contribution in [0.4, 0.5) is 0 Å². The van der Waals surface area contributed by atoms with Gasteiger partial charge in [0.1, 0.15) is 6.61 Å². The predicted octanol–water partition coefficient (Wildman–Crippen LogP) is 1.44. The van der Waals surface area contributed by atoms with E-state index < -0.39 is 0 Å². The number of ether oxygens (including phenoxy) is 2. The van der Waals surface area contributed by atoms with E-state index in [1.807, 2.05) is 0 Å². The smallest absolute Gasteiger partial charge is 0.195 e. The van der Waals surface area contributed by atoms with Gasteiger partial charge in [0, 0.05) is 13.2 Å². The zero-order valence-electron chi connectivity index (χ0n) is 8.73. The minimum atomic E-state index is 0.493. The first kappa shape index (κ1) is 10.8. The number of H-pyrrole nitrogens is 1. The fourth-order valence-corrected chi connectivity index (χ4v) is 1.75. The normalized spacial score (nSPS) is 15.8. The van der Waals surface area contributed by atoms with Gasteiger partial charge in [-0.1, -0.05) is 0 Å². The summed E-state index contributed by atoms with van der Waals surface area (Å²) in [4.78, 5) is 0. The molecule has 1 heterocycles. The van der Waals surface area contributed by atoms with Gasteiger partial charge in [-0.05, 0) is 25.1 Å². The highest BCUT2D eigenvalue weighted by molar-refractivity contribution is 7.71. The van der Waals surface area contributed by atoms with Crippen LogP contribution in [0.3, 0.4) is 0 Å². The quantitative estimate of drug-likeness (QED) is 0.592. The molecule has 0 radical (unpaired) electrons. The van der Waals surface area contributed by atoms with Gasteiger partial charge in [-0.3, -0.25) is 9.67 Å². The molecule has 0 spiro atoms. The zero-order chi connectivity index (χ0) is 10.7. The van der Waals surface area contributed by atoms with Crippen LogP contribution in [0.2, 0.25) is 0 Å². The minimum Gasteiger partial charge on any atom is -0.382 e. The van der Waals surface area contributed by atoms with Gasteiger partial charge < -0.3 is 9.47 Å². The fraction of sp³-hybridized carbons (Fsp3) is 0.778. The van der Waals surface area contributed by atoms with Crippen LogP contribution in [0.1, 0.15) is 24.7 Å². The molecule has 1 fully saturated rings. The van der Waals surface area contributed by atoms with Crippen molar-refractivity contribution in [3.05, 3.63) is 10.6 Å². The minimum absolute atomic E-state index is 0.493. The van der Waals surface area contributed by atoms with Crippen LogP contribution in [0.5, 0.6) is 0 Å². The van der Waals surface area contributed by atoms with Crippen molar-refractivity contribution in [2.24, 2.45) is 0 Å². The van der Waals surface area contributed by atoms with Gasteiger partial charge in [-0.25, -0.2) is 0 Å². The molecule has 15 heavy (non-hydrogen) atoms. The number of aromatic nitrogens is 3. The van der Waals surface area contributed by atoms with Gasteiger partial charge in [0.25, 0.3) is 0 Å². The SMILES string of the molecule is COCCOCc1n[nH]c(=S)n1C1CC1. The Labute approximate surface area is 93.4 Å². The summed E-state index contributed by atoms with van der Waals surface area (Å²) in [6.07, 6.45) is 2.39. The summed E-state index contributed by atoms with van der Waals surface area (Å²) in [5, 5.41) is 6.96. The van der Waals surface area contributed by atoms with Crippen LogP contribution in [-0.4, -0.2) is 35.1 Å². The summed E-state index contributed by atoms with van der Waals surface area (Å²) in [5.41, 5.74) is 0. The maximum Gasteiger partial charge on any atom is 0.195 e. The molecule has 0 unspecified atom stereocenters. The van der Waals surface area contributed by atoms with Crippen LogP contribution >= 0.6 is 12.2 Å². The van der Waals surface area contributed by atoms with E-state index in [-0.39, 0.29) is 0 Å². The summed E-state index contributed by atoms with van der Waals surface area (Å²) in [6, 6.07) is 0.539. The Bertz CT molecular complexity index is 370. The third-order valence-electron chi connectivity index (χ3n) is 2.35. The Hall–Kier alpha value is -0.720. The number of nitrogens with one attached hydrogen (secondary N) is 1. The van der Waals surface area contributed by atoms with Crippen LogP contribution in [0, 0.1) is 4.77 Å². The molecule has 2 rings (SSSR count). The average molecular weight is 229 g/mol. The van der Waals surface area contributed by atoms with Crippen LogP contribution in [0.15, 0.2) is 0 Å². The summed E-state index contributed by atoms with van der Waals surface area (Å²) in [6.45, 7) is 1.68. The molecule has 0 amide bonds. The van der Waals surface area contributed by atoms with Crippen molar-refractivity contribution in [1.82, 2.24) is 14.8 Å². The van der Waals surface area contributed by atoms with E-state index in [4.69, 9.17) is 21.7 Å². The van der Waals surface area contributed by atoms with Crippen LogP contribution in [0.25, 0.3) is 0 Å². The molecule has 84 valence electrons. The molecular weight excluding hydrogens is 214 g/mol. The molecule has 1 aromatic rings. The van der Waals surface area contributed by atoms with Gasteiger partial charge in [0.15, 0.2) is 10.6 Å². The molecule has 0 bridgehead atoms. The van der Waals surface area contributed by atoms with E-state index in [1.165, 1.54) is 12.8 Å². The van der Waals surface area contributed by atoms with Crippen LogP contribution < -0.4 is 0 Å². The standard InChI is InChI=1S/C9H15N3O2S/c1-13-4-5-14-6-8-10-11-9(15)12(8)7-2-3-7/h7H,2-6H2,1H3,(H,11,15). The first-order valence-electron chi connectivity index (χ1n) is 5.05. The molecule has 1 aliphatic rings. The Morgan fingerprint density at radius 2 is 2.33 bits per heavy atom. The number of rotatable bonds is 6. The molecule has 0 aliphatic heterocycles. The monoisotopic (exact) mass is 229 g/mol. The molecule has 6 heteroatoms. The maximum absolute atomic E-state index is 5.42. The lowest BCUT2D eigenvalue weighted by Crippen LogP contribution is -2.07. The Kier molecular flexibility index (Phi) is 3.50. The second-order valence-electron chi connectivity index (χ2n) is 3.59. The fourth-order valence-electron chi connectivity index (χ4n) is 1.45. The van der Waals surface area contributed by atoms with Crippen LogP contribution in [-0.2, 0) is 16.1 Å². The average Bonchev–Trinajstić information content (AvgIpc) is 2.99. The molecule has 1 aromatic heterocycles. The first-order chi connectivity index (χ1) is 7.33. The van der Waals surface area contributed by atoms with Crippen molar-refractivity contribution in [2.45, 2.75) is 25.5 Å². The summed E-state index contributed by atoms with van der Waals surface area (Å²) < 4.78 is 13.1. The third-order valence-corrected chi connectivity index (χ3v) is 2.64. The number of hydrogen-bond donors (Lipinski definition) is 1. The second-order valence-corrected chi connectivity index (χ2v) is 3.98. The van der Waals surface area contributed by atoms with Crippen molar-refractivity contribution in [3.8, 4) is 0 Å². The lowest BCUT2D eigenvalue weighted by molar-refractivity contribution is 0.0571. The lowest BCUT2D eigenvalue weighted by atomic mass is 10.5. The number of nitrogens with zero attached hydrogens (tertiary/aromatic N) is 2. The molecule has 1 N–H and O–H groups in total. The molecule has 1 aliphatic carbocycles. The molecule has 0 atom stereocenters. The Balaban J connectivity index is 1.92. The summed E-state index contributed by atoms with van der Waals surface area (Å²) in [7, 11) is 1.66. The van der Waals surface area contributed by atoms with Gasteiger partial charge in [-0.15, -0.1) is 0 Å². The molecule has 0 aromatic carbocycles. The predicted molar refractivity (Wildman–Crippen MR) is 57.2 cm³/mol. The van der Waals surface area contributed by atoms with Crippen molar-refractivity contribution < 1.29 is 9.47 Å². The van der Waals surface area contributed by atoms with Crippen molar-refractivity contribution in [1.29, 1.82) is 0 Å². The van der Waals surface area contributed by atoms with E-state index in [9.17, 15) is 0 Å². The highest BCUT2D eigenvalue weighted by atomic mass is 32.1. The topological polar surface area (TPSA) is 52.1 Å². The second kappa shape index (κ2) is 4.87. The number of hydrogen-bond acceptors (Lipinski definition) is 4. The van der Waals surface area contributed by atoms with E-state index in [0.717, 1.165) is 5.82 Å². The molecule has 1 saturated carbocycles. The summed E-state index contributed by atoms with van der Waals surface area (Å²) in [5.74, 6) is 0.888.